The lowest BCUT2D eigenvalue weighted by molar-refractivity contribution is 0.0923. The fourth-order valence-electron chi connectivity index (χ4n) is 3.48. The van der Waals surface area contributed by atoms with Crippen LogP contribution in [0, 0.1) is 12.8 Å². The van der Waals surface area contributed by atoms with Gasteiger partial charge in [-0.1, -0.05) is 24.5 Å². The van der Waals surface area contributed by atoms with Crippen molar-refractivity contribution in [2.75, 3.05) is 23.4 Å². The van der Waals surface area contributed by atoms with Gasteiger partial charge in [0.05, 0.1) is 11.4 Å². The smallest absolute Gasteiger partial charge is 0.307 e. The summed E-state index contributed by atoms with van der Waals surface area (Å²) in [5, 5.41) is 7.66. The van der Waals surface area contributed by atoms with Crippen molar-refractivity contribution in [1.29, 1.82) is 0 Å². The first-order valence-corrected chi connectivity index (χ1v) is 12.6. The Bertz CT molecular complexity index is 963. The van der Waals surface area contributed by atoms with Crippen molar-refractivity contribution in [3.63, 3.8) is 0 Å². The normalized spacial score (nSPS) is 16.2. The lowest BCUT2D eigenvalue weighted by Gasteiger charge is -2.14. The van der Waals surface area contributed by atoms with Crippen LogP contribution in [-0.4, -0.2) is 34.2 Å². The number of nitrogens with zero attached hydrogens (tertiary/aromatic N) is 1. The van der Waals surface area contributed by atoms with E-state index < -0.39 is 16.4 Å². The lowest BCUT2D eigenvalue weighted by Crippen LogP contribution is -2.30. The van der Waals surface area contributed by atoms with Gasteiger partial charge < -0.3 is 5.32 Å². The van der Waals surface area contributed by atoms with Crippen LogP contribution in [0.3, 0.4) is 0 Å². The molecule has 0 spiro atoms. The first-order chi connectivity index (χ1) is 14.2. The molecule has 1 atom stereocenters. The van der Waals surface area contributed by atoms with E-state index in [1.807, 2.05) is 19.1 Å². The van der Waals surface area contributed by atoms with Gasteiger partial charge in [-0.05, 0) is 36.1 Å². The minimum atomic E-state index is -2.99. The van der Waals surface area contributed by atoms with Crippen molar-refractivity contribution in [3.05, 3.63) is 40.4 Å². The van der Waals surface area contributed by atoms with Crippen molar-refractivity contribution >= 4 is 44.4 Å². The highest BCUT2D eigenvalue weighted by Crippen LogP contribution is 2.31. The van der Waals surface area contributed by atoms with Crippen LogP contribution in [-0.2, 0) is 21.0 Å². The maximum atomic E-state index is 12.9. The molecule has 1 aromatic carbocycles. The minimum Gasteiger partial charge on any atom is -0.307 e. The summed E-state index contributed by atoms with van der Waals surface area (Å²) in [6, 6.07) is 4.98. The number of Topliss-reactive ketones (excluding diaryl/α,β-unsaturated/α-hetero) is 1. The molecule has 1 heterocycles. The Morgan fingerprint density at radius 3 is 2.70 bits per heavy atom. The highest BCUT2D eigenvalue weighted by Gasteiger charge is 2.26. The summed E-state index contributed by atoms with van der Waals surface area (Å²) < 4.78 is 23.0. The van der Waals surface area contributed by atoms with Gasteiger partial charge in [-0.15, -0.1) is 16.1 Å². The van der Waals surface area contributed by atoms with Gasteiger partial charge in [-0.25, -0.2) is 9.78 Å². The predicted molar refractivity (Wildman–Crippen MR) is 121 cm³/mol. The van der Waals surface area contributed by atoms with Crippen LogP contribution in [0.1, 0.15) is 47.3 Å². The standard InChI is InChI=1S/C20H26N4O4S2/c1-13-7-8-17(16(11-13)18(25)14-5-3-4-6-14)23-19(26)24-20-22-15(12-29-20)9-10-21-30(2,27)28/h7-8,11-12,14H,3-6,9-10H2,1-2H3,(H3-,21,22,23,24,25,26,27,28)/p+1. The number of thiazole rings is 1. The second kappa shape index (κ2) is 9.78. The minimum absolute atomic E-state index is 0.0299. The van der Waals surface area contributed by atoms with Gasteiger partial charge in [-0.3, -0.25) is 10.1 Å². The van der Waals surface area contributed by atoms with Crippen LogP contribution in [0.5, 0.6) is 0 Å². The third-order valence-electron chi connectivity index (χ3n) is 4.94. The zero-order valence-corrected chi connectivity index (χ0v) is 18.7. The van der Waals surface area contributed by atoms with Gasteiger partial charge in [0, 0.05) is 29.8 Å². The number of ketones is 1. The fraction of sp³-hybridized carbons (Fsp3) is 0.450. The second-order valence-corrected chi connectivity index (χ2v) is 10.3. The molecule has 8 nitrogen and oxygen atoms in total. The summed E-state index contributed by atoms with van der Waals surface area (Å²) in [4.78, 5) is 29.7. The Morgan fingerprint density at radius 2 is 2.00 bits per heavy atom. The Hall–Kier alpha value is -2.14. The first kappa shape index (κ1) is 22.5. The molecule has 0 radical (unpaired) electrons. The van der Waals surface area contributed by atoms with E-state index in [9.17, 15) is 18.4 Å². The molecule has 1 aliphatic rings. The third-order valence-corrected chi connectivity index (χ3v) is 6.48. The van der Waals surface area contributed by atoms with Gasteiger partial charge in [0.25, 0.3) is 10.4 Å². The number of carbonyl (C=O) groups is 2. The molecule has 1 aliphatic carbocycles. The number of benzene rings is 1. The maximum absolute atomic E-state index is 12.9. The molecule has 10 heteroatoms. The number of rotatable bonds is 8. The van der Waals surface area contributed by atoms with E-state index in [0.29, 0.717) is 35.0 Å². The molecule has 1 fully saturated rings. The quantitative estimate of drug-likeness (QED) is 0.355. The second-order valence-electron chi connectivity index (χ2n) is 7.56. The van der Waals surface area contributed by atoms with Crippen molar-refractivity contribution in [2.45, 2.75) is 39.0 Å². The molecule has 1 aromatic heterocycles. The van der Waals surface area contributed by atoms with E-state index in [4.69, 9.17) is 0 Å². The largest absolute Gasteiger partial charge is 0.325 e. The van der Waals surface area contributed by atoms with Gasteiger partial charge in [0.15, 0.2) is 17.2 Å². The van der Waals surface area contributed by atoms with Crippen LogP contribution in [0.4, 0.5) is 15.6 Å². The number of amides is 2. The number of hydrogen-bond acceptors (Lipinski definition) is 5. The molecule has 2 aromatic rings. The average Bonchev–Trinajstić information content (AvgIpc) is 3.34. The summed E-state index contributed by atoms with van der Waals surface area (Å²) in [7, 11) is -2.99. The molecule has 1 unspecified atom stereocenters. The van der Waals surface area contributed by atoms with E-state index in [-0.39, 0.29) is 11.7 Å². The molecule has 3 rings (SSSR count). The number of anilines is 2. The van der Waals surface area contributed by atoms with Crippen molar-refractivity contribution < 1.29 is 18.4 Å². The van der Waals surface area contributed by atoms with Gasteiger partial charge >= 0.3 is 6.03 Å². The lowest BCUT2D eigenvalue weighted by atomic mass is 9.94. The summed E-state index contributed by atoms with van der Waals surface area (Å²) >= 11 is 1.27. The zero-order chi connectivity index (χ0) is 21.7. The van der Waals surface area contributed by atoms with E-state index in [2.05, 4.69) is 20.3 Å². The number of hydrogen-bond donors (Lipinski definition) is 4. The molecule has 0 bridgehead atoms. The summed E-state index contributed by atoms with van der Waals surface area (Å²) in [5.74, 6) is 0.120. The molecule has 2 amide bonds. The molecule has 162 valence electrons. The van der Waals surface area contributed by atoms with Crippen LogP contribution in [0.2, 0.25) is 0 Å². The highest BCUT2D eigenvalue weighted by atomic mass is 32.3. The molecule has 0 aliphatic heterocycles. The maximum Gasteiger partial charge on any atom is 0.325 e. The Labute approximate surface area is 181 Å². The monoisotopic (exact) mass is 451 g/mol. The number of aromatic nitrogens is 1. The van der Waals surface area contributed by atoms with E-state index in [0.717, 1.165) is 31.2 Å². The molecular formula is C20H27N4O4S2+. The molecular weight excluding hydrogens is 424 g/mol. The van der Waals surface area contributed by atoms with Crippen molar-refractivity contribution in [2.24, 2.45) is 5.92 Å². The van der Waals surface area contributed by atoms with Crippen LogP contribution >= 0.6 is 11.3 Å². The molecule has 4 N–H and O–H groups in total. The van der Waals surface area contributed by atoms with Gasteiger partial charge in [0.2, 0.25) is 0 Å². The topological polar surface area (TPSA) is 120 Å². The number of nitrogens with one attached hydrogen (secondary N) is 3. The summed E-state index contributed by atoms with van der Waals surface area (Å²) in [6.45, 7) is 2.23. The van der Waals surface area contributed by atoms with Crippen molar-refractivity contribution in [1.82, 2.24) is 9.71 Å². The van der Waals surface area contributed by atoms with Gasteiger partial charge in [0.1, 0.15) is 0 Å². The Kier molecular flexibility index (Phi) is 7.35. The number of urea groups is 1. The van der Waals surface area contributed by atoms with E-state index in [1.165, 1.54) is 17.6 Å². The average molecular weight is 452 g/mol. The van der Waals surface area contributed by atoms with Gasteiger partial charge in [-0.2, -0.15) is 4.55 Å². The molecule has 0 saturated heterocycles. The summed E-state index contributed by atoms with van der Waals surface area (Å²) in [6.07, 6.45) is 5.62. The first-order valence-electron chi connectivity index (χ1n) is 9.85. The summed E-state index contributed by atoms with van der Waals surface area (Å²) in [5.41, 5.74) is 2.73. The molecule has 1 saturated carbocycles. The molecule has 30 heavy (non-hydrogen) atoms. The van der Waals surface area contributed by atoms with Crippen LogP contribution < -0.4 is 15.4 Å². The Morgan fingerprint density at radius 1 is 1.27 bits per heavy atom. The van der Waals surface area contributed by atoms with E-state index >= 15 is 0 Å². The van der Waals surface area contributed by atoms with Crippen LogP contribution in [0.15, 0.2) is 23.6 Å². The predicted octanol–water partition coefficient (Wildman–Crippen LogP) is 4.12. The number of carbonyl (C=O) groups excluding carboxylic acids is 2. The SMILES string of the molecule is Cc1ccc(NC(=O)Nc2nc(CCN[S+](C)(=O)O)cs2)c(C(=O)C2CCCC2)c1. The van der Waals surface area contributed by atoms with E-state index in [1.54, 1.807) is 11.4 Å². The highest BCUT2D eigenvalue weighted by molar-refractivity contribution is 7.95. The number of aryl methyl sites for hydroxylation is 1. The Balaban J connectivity index is 1.61. The zero-order valence-electron chi connectivity index (χ0n) is 17.1. The third kappa shape index (κ3) is 6.43. The van der Waals surface area contributed by atoms with Crippen molar-refractivity contribution in [3.8, 4) is 0 Å². The van der Waals surface area contributed by atoms with Crippen LogP contribution in [0.25, 0.3) is 0 Å². The fourth-order valence-corrected chi connectivity index (χ4v) is 4.70.